The normalized spacial score (nSPS) is 14.9. The van der Waals surface area contributed by atoms with E-state index in [1.54, 1.807) is 0 Å². The molecule has 16 aromatic carbocycles. The van der Waals surface area contributed by atoms with Gasteiger partial charge in [0.25, 0.3) is 17.5 Å². The lowest BCUT2D eigenvalue weighted by Crippen LogP contribution is -2.80. The molecule has 3 aliphatic heterocycles. The molecule has 3 heterocycles. The zero-order valence-corrected chi connectivity index (χ0v) is 71.1. The minimum absolute atomic E-state index is 0.698. The average Bonchev–Trinajstić information content (AvgIpc) is 0.697. The summed E-state index contributed by atoms with van der Waals surface area (Å²) in [5.41, 5.74) is 27.6. The van der Waals surface area contributed by atoms with Crippen LogP contribution in [0.25, 0.3) is 0 Å². The predicted octanol–water partition coefficient (Wildman–Crippen LogP) is 20.4. The van der Waals surface area contributed by atoms with Crippen molar-refractivity contribution in [2.45, 2.75) is 62.3 Å². The Kier molecular flexibility index (Phi) is 20.7. The van der Waals surface area contributed by atoms with Gasteiger partial charge in [-0.2, -0.15) is 0 Å². The van der Waals surface area contributed by atoms with E-state index in [2.05, 4.69) is 509 Å². The minimum Gasteiger partial charge on any atom is -0.432 e. The fourth-order valence-corrected chi connectivity index (χ4v) is 19.3. The summed E-state index contributed by atoms with van der Waals surface area (Å²) in [7, 11) is 0. The lowest BCUT2D eigenvalue weighted by Gasteiger charge is -2.54. The van der Waals surface area contributed by atoms with E-state index in [4.69, 9.17) is 15.0 Å². The smallest absolute Gasteiger partial charge is 0.348 e. The van der Waals surface area contributed by atoms with Crippen LogP contribution in [0.4, 0.5) is 34.1 Å². The van der Waals surface area contributed by atoms with Gasteiger partial charge in [-0.25, -0.2) is 0 Å². The molecule has 0 unspecified atom stereocenters. The van der Waals surface area contributed by atoms with Gasteiger partial charge in [-0.15, -0.1) is 32.8 Å². The van der Waals surface area contributed by atoms with Gasteiger partial charge in [-0.1, -0.05) is 341 Å². The second-order valence-corrected chi connectivity index (χ2v) is 33.7. The van der Waals surface area contributed by atoms with Crippen LogP contribution in [0.2, 0.25) is 0 Å². The van der Waals surface area contributed by atoms with Gasteiger partial charge in [0.1, 0.15) is 0 Å². The Labute approximate surface area is 723 Å². The van der Waals surface area contributed by atoms with E-state index in [1.807, 2.05) is 0 Å². The minimum atomic E-state index is -2.51. The number of aliphatic imine (C=N–C) groups is 3. The van der Waals surface area contributed by atoms with Crippen molar-refractivity contribution in [1.29, 1.82) is 0 Å². The maximum absolute atomic E-state index is 6.59. The van der Waals surface area contributed by atoms with Crippen LogP contribution in [0.5, 0.6) is 0 Å². The van der Waals surface area contributed by atoms with Crippen molar-refractivity contribution in [2.75, 3.05) is 14.4 Å². The number of aryl methyl sites for hydroxylation is 9. The van der Waals surface area contributed by atoms with E-state index in [1.165, 1.54) is 0 Å². The Morgan fingerprint density at radius 2 is 0.341 bits per heavy atom. The highest BCUT2D eigenvalue weighted by molar-refractivity contribution is 7.04. The number of hydrogen-bond donors (Lipinski definition) is 0. The third kappa shape index (κ3) is 14.0. The summed E-state index contributed by atoms with van der Waals surface area (Å²) >= 11 is 0. The summed E-state index contributed by atoms with van der Waals surface area (Å²) in [5, 5.41) is 0. The van der Waals surface area contributed by atoms with Crippen molar-refractivity contribution in [2.24, 2.45) is 15.0 Å². The quantitative estimate of drug-likeness (QED) is 0.0805. The molecule has 0 aromatic heterocycles. The first kappa shape index (κ1) is 78.0. The van der Waals surface area contributed by atoms with Crippen LogP contribution >= 0.6 is 0 Å². The van der Waals surface area contributed by atoms with Crippen LogP contribution in [-0.4, -0.2) is 67.7 Å². The maximum atomic E-state index is 6.59. The van der Waals surface area contributed by atoms with Gasteiger partial charge in [0, 0.05) is 33.8 Å². The molecule has 0 aliphatic carbocycles. The Hall–Kier alpha value is -14.9. The zero-order valence-electron chi connectivity index (χ0n) is 71.1. The summed E-state index contributed by atoms with van der Waals surface area (Å²) in [6.07, 6.45) is -7.54. The standard InChI is InChI=1S/C111H96B3N9/c1-79-40-58-88(59-41-79)106-115-109(121(103-70-52-85(7)53-71-103)112(94-28-16-10-17-29-94,95-30-18-11-19-31-95)118(106)100-64-46-82(4)47-65-100)91-76-92(110-116-107(89-60-42-80(2)43-61-89)119(101-66-48-83(5)49-67-101)113(96-32-20-12-21-33-96,97-34-22-13-23-35-97)122(110)104-72-54-86(8)55-73-104)78-93(77-91)111-117-108(90-62-44-81(3)45-63-90)120(102-68-50-84(6)51-69-102)114(98-36-24-14-25-37-98,99-38-26-15-27-39-99)123(111)105-74-56-87(9)57-75-105/h10-78H,1-9H3. The van der Waals surface area contributed by atoms with Crippen molar-refractivity contribution >= 4 is 121 Å². The number of hydrogen-bond acceptors (Lipinski definition) is 6. The summed E-state index contributed by atoms with van der Waals surface area (Å²) in [6.45, 7) is 19.5. The van der Waals surface area contributed by atoms with Crippen LogP contribution in [0.1, 0.15) is 83.5 Å². The number of anilines is 3. The summed E-state index contributed by atoms with van der Waals surface area (Å²) in [4.78, 5) is 27.6. The highest BCUT2D eigenvalue weighted by atomic mass is 15.3. The largest absolute Gasteiger partial charge is 0.432 e. The Morgan fingerprint density at radius 1 is 0.179 bits per heavy atom. The van der Waals surface area contributed by atoms with E-state index in [0.717, 1.165) is 168 Å². The van der Waals surface area contributed by atoms with Crippen LogP contribution in [0.3, 0.4) is 0 Å². The van der Waals surface area contributed by atoms with Crippen LogP contribution in [-0.2, 0) is 0 Å². The van der Waals surface area contributed by atoms with Crippen LogP contribution in [0, 0.1) is 62.3 Å². The molecule has 0 atom stereocenters. The van der Waals surface area contributed by atoms with Crippen molar-refractivity contribution in [3.63, 3.8) is 0 Å². The van der Waals surface area contributed by atoms with Crippen molar-refractivity contribution in [3.8, 4) is 0 Å². The molecule has 12 heteroatoms. The molecule has 0 saturated heterocycles. The molecule has 19 rings (SSSR count). The maximum Gasteiger partial charge on any atom is 0.348 e. The summed E-state index contributed by atoms with van der Waals surface area (Å²) in [5.74, 6) is 4.39. The molecule has 0 saturated carbocycles. The molecule has 3 aliphatic rings. The van der Waals surface area contributed by atoms with E-state index < -0.39 is 19.2 Å². The molecular formula is C111H96B3N9. The van der Waals surface area contributed by atoms with Gasteiger partial charge in [-0.3, -0.25) is 0 Å². The van der Waals surface area contributed by atoms with E-state index in [-0.39, 0.29) is 0 Å². The van der Waals surface area contributed by atoms with Gasteiger partial charge in [0.2, 0.25) is 17.5 Å². The Balaban J connectivity index is 1.07. The lowest BCUT2D eigenvalue weighted by molar-refractivity contribution is -0.294. The molecule has 0 radical (unpaired) electrons. The van der Waals surface area contributed by atoms with E-state index in [9.17, 15) is 0 Å². The van der Waals surface area contributed by atoms with Crippen LogP contribution in [0.15, 0.2) is 434 Å². The molecule has 0 N–H and O–H groups in total. The van der Waals surface area contributed by atoms with Gasteiger partial charge >= 0.3 is 19.2 Å². The number of amidine groups is 6. The predicted molar refractivity (Wildman–Crippen MR) is 520 cm³/mol. The molecule has 9 nitrogen and oxygen atoms in total. The monoisotopic (exact) mass is 1590 g/mol. The van der Waals surface area contributed by atoms with Crippen molar-refractivity contribution < 1.29 is 13.5 Å². The highest BCUT2D eigenvalue weighted by Crippen LogP contribution is 2.42. The topological polar surface area (TPSA) is 55.8 Å². The molecule has 0 amide bonds. The number of nitrogens with zero attached hydrogens (tertiary/aromatic N) is 9. The molecule has 0 fully saturated rings. The average molecular weight is 1590 g/mol. The van der Waals surface area contributed by atoms with Gasteiger partial charge < -0.3 is 27.9 Å². The molecule has 0 bridgehead atoms. The first-order chi connectivity index (χ1) is 60.2. The van der Waals surface area contributed by atoms with Gasteiger partial charge in [0.05, 0.1) is 33.8 Å². The van der Waals surface area contributed by atoms with E-state index in [0.29, 0.717) is 17.5 Å². The fraction of sp³-hybridized carbons (Fsp3) is 0.0811. The fourth-order valence-electron chi connectivity index (χ4n) is 19.3. The third-order valence-electron chi connectivity index (χ3n) is 25.3. The second-order valence-electron chi connectivity index (χ2n) is 33.7. The number of benzene rings is 16. The molecular weight excluding hydrogens is 1490 g/mol. The van der Waals surface area contributed by atoms with Crippen molar-refractivity contribution in [1.82, 2.24) is 0 Å². The highest BCUT2D eigenvalue weighted by Gasteiger charge is 2.57. The summed E-state index contributed by atoms with van der Waals surface area (Å²) in [6, 6.07) is 156. The Bertz CT molecular complexity index is 6000. The van der Waals surface area contributed by atoms with Gasteiger partial charge in [0.15, 0.2) is 0 Å². The SMILES string of the molecule is Cc1ccc(C2=[N+](c3ccc(C)cc3)[B-](c3ccccc3)(c3ccccc3)N(c3ccc(C)cc3)C(c3cc(C4=NC(c5ccc(C)cc5)=[N+](c5ccc(C)cc5)[B-](c5ccccc5)(c5ccccc5)N4c4ccc(C)cc4)cc(C4=NC(c5ccc(C)cc5)=[N+](c5ccc(C)cc5)[B-](c5ccccc5)(c5ccccc5)N4c4ccc(C)cc4)c3)=N2)cc1. The van der Waals surface area contributed by atoms with Crippen molar-refractivity contribution in [3.05, 3.63) is 502 Å². The number of rotatable bonds is 18. The zero-order chi connectivity index (χ0) is 83.9. The summed E-state index contributed by atoms with van der Waals surface area (Å²) < 4.78 is 7.70. The van der Waals surface area contributed by atoms with Gasteiger partial charge in [-0.05, 0) is 205 Å². The van der Waals surface area contributed by atoms with E-state index >= 15 is 0 Å². The first-order valence-electron chi connectivity index (χ1n) is 42.9. The third-order valence-corrected chi connectivity index (χ3v) is 25.3. The molecule has 16 aromatic rings. The molecule has 0 spiro atoms. The molecule has 123 heavy (non-hydrogen) atoms. The molecule has 594 valence electrons. The second kappa shape index (κ2) is 32.7. The lowest BCUT2D eigenvalue weighted by atomic mass is 9.34. The first-order valence-corrected chi connectivity index (χ1v) is 42.9. The Morgan fingerprint density at radius 3 is 0.520 bits per heavy atom. The van der Waals surface area contributed by atoms with Crippen LogP contribution < -0.4 is 47.2 Å².